The monoisotopic (exact) mass is 304 g/mol. The fraction of sp³-hybridized carbons (Fsp3) is 0.235. The third kappa shape index (κ3) is 4.90. The van der Waals surface area contributed by atoms with Gasteiger partial charge in [-0.15, -0.1) is 11.8 Å². The molecule has 110 valence electrons. The van der Waals surface area contributed by atoms with Crippen LogP contribution >= 0.6 is 11.8 Å². The van der Waals surface area contributed by atoms with Crippen LogP contribution in [-0.2, 0) is 0 Å². The normalized spacial score (nSPS) is 10.4. The summed E-state index contributed by atoms with van der Waals surface area (Å²) in [5.41, 5.74) is 0.572. The Morgan fingerprint density at radius 1 is 1.19 bits per heavy atom. The van der Waals surface area contributed by atoms with E-state index in [4.69, 9.17) is 4.74 Å². The number of hydrogen-bond donors (Lipinski definition) is 0. The predicted molar refractivity (Wildman–Crippen MR) is 83.7 cm³/mol. The second kappa shape index (κ2) is 7.84. The lowest BCUT2D eigenvalue weighted by molar-refractivity contribution is 0.0982. The topological polar surface area (TPSA) is 26.3 Å². The van der Waals surface area contributed by atoms with E-state index in [-0.39, 0.29) is 11.6 Å². The summed E-state index contributed by atoms with van der Waals surface area (Å²) in [6.07, 6.45) is 1.26. The van der Waals surface area contributed by atoms with Crippen molar-refractivity contribution >= 4 is 17.5 Å². The number of methoxy groups -OCH3 is 1. The van der Waals surface area contributed by atoms with Crippen LogP contribution in [0.1, 0.15) is 23.2 Å². The Bertz CT molecular complexity index is 596. The van der Waals surface area contributed by atoms with E-state index in [9.17, 15) is 9.18 Å². The van der Waals surface area contributed by atoms with E-state index in [1.165, 1.54) is 24.3 Å². The molecule has 0 unspecified atom stereocenters. The number of carbonyl (C=O) groups is 1. The standard InChI is InChI=1S/C17H17FO2S/c1-20-15-4-2-5-16(12-15)21-11-3-6-17(19)13-7-9-14(18)10-8-13/h2,4-5,7-10,12H,3,6,11H2,1H3. The number of Topliss-reactive ketones (excluding diaryl/α,β-unsaturated/α-hetero) is 1. The average Bonchev–Trinajstić information content (AvgIpc) is 2.52. The molecule has 0 aliphatic heterocycles. The molecule has 0 aliphatic rings. The number of hydrogen-bond acceptors (Lipinski definition) is 3. The summed E-state index contributed by atoms with van der Waals surface area (Å²) in [7, 11) is 1.64. The summed E-state index contributed by atoms with van der Waals surface area (Å²) in [6.45, 7) is 0. The molecular weight excluding hydrogens is 287 g/mol. The van der Waals surface area contributed by atoms with E-state index in [2.05, 4.69) is 0 Å². The first-order chi connectivity index (χ1) is 10.2. The molecule has 0 radical (unpaired) electrons. The van der Waals surface area contributed by atoms with Crippen molar-refractivity contribution in [2.24, 2.45) is 0 Å². The molecule has 0 bridgehead atoms. The third-order valence-corrected chi connectivity index (χ3v) is 4.10. The lowest BCUT2D eigenvalue weighted by atomic mass is 10.1. The summed E-state index contributed by atoms with van der Waals surface area (Å²) >= 11 is 1.70. The van der Waals surface area contributed by atoms with Gasteiger partial charge in [-0.1, -0.05) is 6.07 Å². The number of ether oxygens (including phenoxy) is 1. The van der Waals surface area contributed by atoms with Gasteiger partial charge in [0.15, 0.2) is 5.78 Å². The minimum absolute atomic E-state index is 0.0567. The van der Waals surface area contributed by atoms with E-state index in [1.807, 2.05) is 24.3 Å². The van der Waals surface area contributed by atoms with Crippen LogP contribution in [-0.4, -0.2) is 18.6 Å². The Kier molecular flexibility index (Phi) is 5.81. The zero-order valence-corrected chi connectivity index (χ0v) is 12.7. The summed E-state index contributed by atoms with van der Waals surface area (Å²) in [4.78, 5) is 13.0. The molecule has 0 atom stereocenters. The van der Waals surface area contributed by atoms with Crippen molar-refractivity contribution in [2.45, 2.75) is 17.7 Å². The number of ketones is 1. The van der Waals surface area contributed by atoms with Gasteiger partial charge in [-0.05, 0) is 54.6 Å². The van der Waals surface area contributed by atoms with Crippen LogP contribution in [0.3, 0.4) is 0 Å². The highest BCUT2D eigenvalue weighted by atomic mass is 32.2. The number of benzene rings is 2. The molecule has 2 aromatic rings. The molecule has 2 rings (SSSR count). The van der Waals surface area contributed by atoms with Gasteiger partial charge in [0.2, 0.25) is 0 Å². The SMILES string of the molecule is COc1cccc(SCCCC(=O)c2ccc(F)cc2)c1. The molecule has 0 aromatic heterocycles. The van der Waals surface area contributed by atoms with E-state index >= 15 is 0 Å². The molecular formula is C17H17FO2S. The highest BCUT2D eigenvalue weighted by Crippen LogP contribution is 2.23. The average molecular weight is 304 g/mol. The molecule has 0 saturated heterocycles. The van der Waals surface area contributed by atoms with Crippen LogP contribution in [0.25, 0.3) is 0 Å². The highest BCUT2D eigenvalue weighted by molar-refractivity contribution is 7.99. The maximum absolute atomic E-state index is 12.8. The molecule has 0 fully saturated rings. The van der Waals surface area contributed by atoms with Crippen molar-refractivity contribution in [3.8, 4) is 5.75 Å². The smallest absolute Gasteiger partial charge is 0.162 e. The highest BCUT2D eigenvalue weighted by Gasteiger charge is 2.06. The summed E-state index contributed by atoms with van der Waals surface area (Å²) < 4.78 is 18.0. The Morgan fingerprint density at radius 2 is 1.95 bits per heavy atom. The van der Waals surface area contributed by atoms with Crippen molar-refractivity contribution in [3.05, 3.63) is 59.9 Å². The maximum atomic E-state index is 12.8. The van der Waals surface area contributed by atoms with E-state index in [0.717, 1.165) is 22.8 Å². The van der Waals surface area contributed by atoms with Gasteiger partial charge in [0.05, 0.1) is 7.11 Å². The number of thioether (sulfide) groups is 1. The van der Waals surface area contributed by atoms with Crippen molar-refractivity contribution in [3.63, 3.8) is 0 Å². The fourth-order valence-electron chi connectivity index (χ4n) is 1.89. The lowest BCUT2D eigenvalue weighted by Gasteiger charge is -2.04. The number of halogens is 1. The van der Waals surface area contributed by atoms with Crippen molar-refractivity contribution in [1.82, 2.24) is 0 Å². The Hall–Kier alpha value is -1.81. The molecule has 0 N–H and O–H groups in total. The molecule has 2 nitrogen and oxygen atoms in total. The molecule has 0 aliphatic carbocycles. The molecule has 0 amide bonds. The van der Waals surface area contributed by atoms with Gasteiger partial charge in [-0.25, -0.2) is 4.39 Å². The second-order valence-corrected chi connectivity index (χ2v) is 5.73. The predicted octanol–water partition coefficient (Wildman–Crippen LogP) is 4.59. The Morgan fingerprint density at radius 3 is 2.67 bits per heavy atom. The maximum Gasteiger partial charge on any atom is 0.162 e. The van der Waals surface area contributed by atoms with E-state index < -0.39 is 0 Å². The van der Waals surface area contributed by atoms with Crippen molar-refractivity contribution in [1.29, 1.82) is 0 Å². The van der Waals surface area contributed by atoms with Gasteiger partial charge in [-0.3, -0.25) is 4.79 Å². The van der Waals surface area contributed by atoms with Crippen molar-refractivity contribution in [2.75, 3.05) is 12.9 Å². The van der Waals surface area contributed by atoms with Crippen LogP contribution in [0.4, 0.5) is 4.39 Å². The second-order valence-electron chi connectivity index (χ2n) is 4.56. The quantitative estimate of drug-likeness (QED) is 0.425. The lowest BCUT2D eigenvalue weighted by Crippen LogP contribution is -1.99. The van der Waals surface area contributed by atoms with Crippen LogP contribution in [0.5, 0.6) is 5.75 Å². The van der Waals surface area contributed by atoms with Crippen LogP contribution in [0.15, 0.2) is 53.4 Å². The first kappa shape index (κ1) is 15.6. The van der Waals surface area contributed by atoms with Crippen LogP contribution in [0.2, 0.25) is 0 Å². The molecule has 21 heavy (non-hydrogen) atoms. The van der Waals surface area contributed by atoms with Gasteiger partial charge < -0.3 is 4.74 Å². The van der Waals surface area contributed by atoms with Crippen LogP contribution in [0, 0.1) is 5.82 Å². The first-order valence-electron chi connectivity index (χ1n) is 6.74. The van der Waals surface area contributed by atoms with E-state index in [0.29, 0.717) is 12.0 Å². The minimum atomic E-state index is -0.319. The summed E-state index contributed by atoms with van der Waals surface area (Å²) in [5.74, 6) is 1.43. The largest absolute Gasteiger partial charge is 0.497 e. The van der Waals surface area contributed by atoms with Gasteiger partial charge >= 0.3 is 0 Å². The molecule has 2 aromatic carbocycles. The minimum Gasteiger partial charge on any atom is -0.497 e. The number of carbonyl (C=O) groups excluding carboxylic acids is 1. The number of rotatable bonds is 7. The Labute approximate surface area is 128 Å². The van der Waals surface area contributed by atoms with Crippen LogP contribution < -0.4 is 4.74 Å². The van der Waals surface area contributed by atoms with Gasteiger partial charge in [0, 0.05) is 16.9 Å². The van der Waals surface area contributed by atoms with E-state index in [1.54, 1.807) is 18.9 Å². The zero-order valence-electron chi connectivity index (χ0n) is 11.8. The summed E-state index contributed by atoms with van der Waals surface area (Å²) in [6, 6.07) is 13.6. The summed E-state index contributed by atoms with van der Waals surface area (Å²) in [5, 5.41) is 0. The van der Waals surface area contributed by atoms with Gasteiger partial charge in [0.25, 0.3) is 0 Å². The molecule has 4 heteroatoms. The zero-order chi connectivity index (χ0) is 15.1. The van der Waals surface area contributed by atoms with Gasteiger partial charge in [0.1, 0.15) is 11.6 Å². The fourth-order valence-corrected chi connectivity index (χ4v) is 2.79. The molecule has 0 heterocycles. The first-order valence-corrected chi connectivity index (χ1v) is 7.73. The molecule has 0 saturated carbocycles. The Balaban J connectivity index is 1.76. The van der Waals surface area contributed by atoms with Gasteiger partial charge in [-0.2, -0.15) is 0 Å². The van der Waals surface area contributed by atoms with Crippen molar-refractivity contribution < 1.29 is 13.9 Å². The molecule has 0 spiro atoms. The third-order valence-electron chi connectivity index (χ3n) is 3.02.